The van der Waals surface area contributed by atoms with Crippen molar-refractivity contribution in [3.8, 4) is 11.4 Å². The Morgan fingerprint density at radius 2 is 2.06 bits per heavy atom. The molecule has 0 fully saturated rings. The maximum Gasteiger partial charge on any atom is 0.175 e. The van der Waals surface area contributed by atoms with Gasteiger partial charge in [0.2, 0.25) is 0 Å². The van der Waals surface area contributed by atoms with Crippen molar-refractivity contribution in [1.29, 1.82) is 0 Å². The van der Waals surface area contributed by atoms with E-state index in [2.05, 4.69) is 36.2 Å². The maximum absolute atomic E-state index is 5.93. The van der Waals surface area contributed by atoms with Gasteiger partial charge in [0.05, 0.1) is 11.7 Å². The van der Waals surface area contributed by atoms with Crippen LogP contribution < -0.4 is 5.73 Å². The van der Waals surface area contributed by atoms with Gasteiger partial charge in [0.25, 0.3) is 0 Å². The molecule has 0 aromatic carbocycles. The monoisotopic (exact) mass is 248 g/mol. The van der Waals surface area contributed by atoms with E-state index in [9.17, 15) is 0 Å². The Balaban J connectivity index is 2.42. The Morgan fingerprint density at radius 3 is 2.61 bits per heavy atom. The van der Waals surface area contributed by atoms with Crippen LogP contribution in [-0.4, -0.2) is 24.8 Å². The zero-order valence-electron chi connectivity index (χ0n) is 11.3. The second-order valence-electron chi connectivity index (χ2n) is 5.09. The third-order valence-corrected chi connectivity index (χ3v) is 3.01. The first-order chi connectivity index (χ1) is 8.50. The Kier molecular flexibility index (Phi) is 3.36. The molecule has 0 spiro atoms. The van der Waals surface area contributed by atoms with Gasteiger partial charge in [-0.3, -0.25) is 4.68 Å². The molecule has 6 heteroatoms. The van der Waals surface area contributed by atoms with Gasteiger partial charge in [-0.05, 0) is 25.3 Å². The molecule has 2 heterocycles. The molecule has 98 valence electrons. The first-order valence-electron chi connectivity index (χ1n) is 6.19. The molecule has 0 radical (unpaired) electrons. The van der Waals surface area contributed by atoms with Gasteiger partial charge in [-0.25, -0.2) is 4.68 Å². The van der Waals surface area contributed by atoms with Crippen LogP contribution in [0.1, 0.15) is 33.2 Å². The molecule has 1 unspecified atom stereocenters. The lowest BCUT2D eigenvalue weighted by atomic mass is 10.1. The summed E-state index contributed by atoms with van der Waals surface area (Å²) < 4.78 is 3.68. The fourth-order valence-corrected chi connectivity index (χ4v) is 2.25. The van der Waals surface area contributed by atoms with Gasteiger partial charge in [0.1, 0.15) is 5.69 Å². The molecule has 2 N–H and O–H groups in total. The molecule has 2 aromatic heterocycles. The highest BCUT2D eigenvalue weighted by Crippen LogP contribution is 2.28. The molecular formula is C12H20N6. The lowest BCUT2D eigenvalue weighted by molar-refractivity contribution is 0.393. The van der Waals surface area contributed by atoms with Crippen molar-refractivity contribution in [2.45, 2.75) is 33.2 Å². The van der Waals surface area contributed by atoms with E-state index < -0.39 is 0 Å². The molecule has 0 aliphatic heterocycles. The fraction of sp³-hybridized carbons (Fsp3) is 0.583. The van der Waals surface area contributed by atoms with Crippen LogP contribution in [0.4, 0.5) is 5.82 Å². The van der Waals surface area contributed by atoms with E-state index in [-0.39, 0.29) is 6.04 Å². The van der Waals surface area contributed by atoms with Crippen molar-refractivity contribution in [2.24, 2.45) is 13.0 Å². The van der Waals surface area contributed by atoms with Crippen molar-refractivity contribution < 1.29 is 0 Å². The first kappa shape index (κ1) is 12.6. The predicted octanol–water partition coefficient (Wildman–Crippen LogP) is 1.87. The van der Waals surface area contributed by atoms with Crippen molar-refractivity contribution >= 4 is 5.82 Å². The second-order valence-corrected chi connectivity index (χ2v) is 5.09. The molecule has 1 atom stereocenters. The number of rotatable bonds is 4. The van der Waals surface area contributed by atoms with Gasteiger partial charge in [0, 0.05) is 13.2 Å². The van der Waals surface area contributed by atoms with Crippen LogP contribution in [-0.2, 0) is 7.05 Å². The van der Waals surface area contributed by atoms with Crippen molar-refractivity contribution in [3.05, 3.63) is 12.3 Å². The second kappa shape index (κ2) is 4.80. The van der Waals surface area contributed by atoms with Crippen molar-refractivity contribution in [3.63, 3.8) is 0 Å². The van der Waals surface area contributed by atoms with E-state index in [1.165, 1.54) is 0 Å². The summed E-state index contributed by atoms with van der Waals surface area (Å²) in [6, 6.07) is 2.19. The summed E-state index contributed by atoms with van der Waals surface area (Å²) in [6.07, 6.45) is 2.78. The minimum absolute atomic E-state index is 0.264. The van der Waals surface area contributed by atoms with Gasteiger partial charge in [-0.15, -0.1) is 5.10 Å². The molecule has 2 rings (SSSR count). The SMILES string of the molecule is CC(C)CC(C)n1nnc(N)c1-c1ccnn1C. The summed E-state index contributed by atoms with van der Waals surface area (Å²) in [4.78, 5) is 0. The van der Waals surface area contributed by atoms with Crippen LogP contribution in [0.5, 0.6) is 0 Å². The molecule has 0 saturated heterocycles. The quantitative estimate of drug-likeness (QED) is 0.896. The van der Waals surface area contributed by atoms with E-state index in [0.29, 0.717) is 11.7 Å². The van der Waals surface area contributed by atoms with Gasteiger partial charge in [-0.2, -0.15) is 5.10 Å². The lowest BCUT2D eigenvalue weighted by Gasteiger charge is -2.16. The smallest absolute Gasteiger partial charge is 0.175 e. The standard InChI is InChI=1S/C12H20N6/c1-8(2)7-9(3)18-11(12(13)15-16-18)10-5-6-14-17(10)4/h5-6,8-9H,7,13H2,1-4H3. The summed E-state index contributed by atoms with van der Waals surface area (Å²) in [5.41, 5.74) is 7.72. The van der Waals surface area contributed by atoms with E-state index in [4.69, 9.17) is 5.73 Å². The number of nitrogens with zero attached hydrogens (tertiary/aromatic N) is 5. The van der Waals surface area contributed by atoms with E-state index in [1.807, 2.05) is 17.8 Å². The average molecular weight is 248 g/mol. The molecule has 2 aromatic rings. The van der Waals surface area contributed by atoms with Crippen molar-refractivity contribution in [1.82, 2.24) is 24.8 Å². The minimum Gasteiger partial charge on any atom is -0.380 e. The lowest BCUT2D eigenvalue weighted by Crippen LogP contribution is -2.12. The molecule has 0 amide bonds. The largest absolute Gasteiger partial charge is 0.380 e. The number of nitrogen functional groups attached to an aromatic ring is 1. The van der Waals surface area contributed by atoms with Crippen LogP contribution in [0.15, 0.2) is 12.3 Å². The topological polar surface area (TPSA) is 74.6 Å². The normalized spacial score (nSPS) is 13.2. The maximum atomic E-state index is 5.93. The van der Waals surface area contributed by atoms with Gasteiger partial charge in [0.15, 0.2) is 5.82 Å². The van der Waals surface area contributed by atoms with Gasteiger partial charge >= 0.3 is 0 Å². The highest BCUT2D eigenvalue weighted by Gasteiger charge is 2.19. The Bertz CT molecular complexity index is 524. The number of anilines is 1. The Labute approximate surface area is 107 Å². The number of hydrogen-bond donors (Lipinski definition) is 1. The Hall–Kier alpha value is -1.85. The molecule has 0 aliphatic rings. The number of hydrogen-bond acceptors (Lipinski definition) is 4. The van der Waals surface area contributed by atoms with Crippen LogP contribution in [0.2, 0.25) is 0 Å². The fourth-order valence-electron chi connectivity index (χ4n) is 2.25. The molecule has 6 nitrogen and oxygen atoms in total. The summed E-state index contributed by atoms with van der Waals surface area (Å²) in [6.45, 7) is 6.52. The van der Waals surface area contributed by atoms with Gasteiger partial charge in [-0.1, -0.05) is 19.1 Å². The van der Waals surface area contributed by atoms with E-state index in [0.717, 1.165) is 17.8 Å². The zero-order chi connectivity index (χ0) is 13.3. The number of aromatic nitrogens is 5. The third kappa shape index (κ3) is 2.23. The van der Waals surface area contributed by atoms with Gasteiger partial charge < -0.3 is 5.73 Å². The number of aryl methyl sites for hydroxylation is 1. The highest BCUT2D eigenvalue weighted by atomic mass is 15.5. The van der Waals surface area contributed by atoms with E-state index >= 15 is 0 Å². The molecule has 0 aliphatic carbocycles. The average Bonchev–Trinajstić information content (AvgIpc) is 2.83. The molecule has 18 heavy (non-hydrogen) atoms. The highest BCUT2D eigenvalue weighted by molar-refractivity contribution is 5.66. The summed E-state index contributed by atoms with van der Waals surface area (Å²) in [5, 5.41) is 12.3. The Morgan fingerprint density at radius 1 is 1.33 bits per heavy atom. The van der Waals surface area contributed by atoms with Crippen LogP contribution in [0.3, 0.4) is 0 Å². The van der Waals surface area contributed by atoms with Crippen LogP contribution in [0.25, 0.3) is 11.4 Å². The molecule has 0 bridgehead atoms. The summed E-state index contributed by atoms with van der Waals surface area (Å²) in [5.74, 6) is 1.05. The molecule has 0 saturated carbocycles. The minimum atomic E-state index is 0.264. The van der Waals surface area contributed by atoms with Crippen LogP contribution in [0, 0.1) is 5.92 Å². The van der Waals surface area contributed by atoms with E-state index in [1.54, 1.807) is 10.9 Å². The summed E-state index contributed by atoms with van der Waals surface area (Å²) in [7, 11) is 1.89. The third-order valence-electron chi connectivity index (χ3n) is 3.01. The zero-order valence-corrected chi connectivity index (χ0v) is 11.3. The number of nitrogens with two attached hydrogens (primary N) is 1. The molecular weight excluding hydrogens is 228 g/mol. The first-order valence-corrected chi connectivity index (χ1v) is 6.19. The van der Waals surface area contributed by atoms with Crippen molar-refractivity contribution in [2.75, 3.05) is 5.73 Å². The predicted molar refractivity (Wildman–Crippen MR) is 70.8 cm³/mol. The summed E-state index contributed by atoms with van der Waals surface area (Å²) >= 11 is 0. The van der Waals surface area contributed by atoms with Crippen LogP contribution >= 0.6 is 0 Å².